The zero-order valence-corrected chi connectivity index (χ0v) is 19.7. The topological polar surface area (TPSA) is 49.3 Å². The summed E-state index contributed by atoms with van der Waals surface area (Å²) in [6.07, 6.45) is 0.248. The Morgan fingerprint density at radius 3 is 2.79 bits per heavy atom. The van der Waals surface area contributed by atoms with Gasteiger partial charge >= 0.3 is 0 Å². The van der Waals surface area contributed by atoms with Gasteiger partial charge in [0.25, 0.3) is 0 Å². The number of aliphatic imine (C=N–C) groups is 1. The largest absolute Gasteiger partial charge is 0.379 e. The Balaban J connectivity index is 0.00000280. The van der Waals surface area contributed by atoms with E-state index in [2.05, 4.69) is 64.3 Å². The molecule has 2 fully saturated rings. The molecule has 2 aliphatic heterocycles. The molecule has 7 heteroatoms. The van der Waals surface area contributed by atoms with E-state index in [9.17, 15) is 0 Å². The Labute approximate surface area is 186 Å². The summed E-state index contributed by atoms with van der Waals surface area (Å²) in [4.78, 5) is 9.35. The van der Waals surface area contributed by atoms with Crippen molar-refractivity contribution in [1.82, 2.24) is 15.1 Å². The highest BCUT2D eigenvalue weighted by Crippen LogP contribution is 2.24. The maximum atomic E-state index is 6.07. The zero-order valence-electron chi connectivity index (χ0n) is 17.3. The molecular weight excluding hydrogens is 467 g/mol. The normalized spacial score (nSPS) is 22.9. The van der Waals surface area contributed by atoms with Crippen LogP contribution < -0.4 is 5.32 Å². The fraction of sp³-hybridized carbons (Fsp3) is 0.667. The lowest BCUT2D eigenvalue weighted by Crippen LogP contribution is -2.50. The summed E-state index contributed by atoms with van der Waals surface area (Å²) in [5.41, 5.74) is 1.36. The summed E-state index contributed by atoms with van der Waals surface area (Å²) in [6.45, 7) is 11.2. The second kappa shape index (κ2) is 11.9. The quantitative estimate of drug-likeness (QED) is 0.269. The van der Waals surface area contributed by atoms with Crippen LogP contribution in [0.1, 0.15) is 19.4 Å². The number of guanidine groups is 1. The molecule has 1 N–H and O–H groups in total. The molecule has 1 aromatic carbocycles. The van der Waals surface area contributed by atoms with Crippen molar-refractivity contribution in [3.05, 3.63) is 35.9 Å². The van der Waals surface area contributed by atoms with Gasteiger partial charge in [0.1, 0.15) is 0 Å². The first-order valence-corrected chi connectivity index (χ1v) is 10.1. The first-order valence-electron chi connectivity index (χ1n) is 10.1. The number of nitrogens with zero attached hydrogens (tertiary/aromatic N) is 3. The lowest BCUT2D eigenvalue weighted by molar-refractivity contribution is -0.0502. The minimum atomic E-state index is 0. The summed E-state index contributed by atoms with van der Waals surface area (Å²) in [6, 6.07) is 11.1. The van der Waals surface area contributed by atoms with Crippen LogP contribution in [0.5, 0.6) is 0 Å². The first-order chi connectivity index (χ1) is 13.2. The van der Waals surface area contributed by atoms with Crippen LogP contribution in [-0.4, -0.2) is 81.0 Å². The molecule has 2 aliphatic rings. The highest BCUT2D eigenvalue weighted by atomic mass is 127. The molecule has 1 aromatic rings. The number of rotatable bonds is 7. The zero-order chi connectivity index (χ0) is 19.1. The van der Waals surface area contributed by atoms with Gasteiger partial charge in [-0.1, -0.05) is 44.2 Å². The molecule has 2 saturated heterocycles. The highest BCUT2D eigenvalue weighted by Gasteiger charge is 2.41. The number of nitrogens with one attached hydrogen (secondary N) is 1. The second-order valence-corrected chi connectivity index (χ2v) is 7.78. The van der Waals surface area contributed by atoms with E-state index in [1.165, 1.54) is 5.56 Å². The van der Waals surface area contributed by atoms with E-state index < -0.39 is 0 Å². The summed E-state index contributed by atoms with van der Waals surface area (Å²) in [7, 11) is 1.85. The molecule has 3 rings (SSSR count). The van der Waals surface area contributed by atoms with Crippen molar-refractivity contribution < 1.29 is 9.47 Å². The third kappa shape index (κ3) is 6.57. The van der Waals surface area contributed by atoms with Crippen molar-refractivity contribution in [3.63, 3.8) is 0 Å². The summed E-state index contributed by atoms with van der Waals surface area (Å²) in [5, 5.41) is 3.44. The third-order valence-corrected chi connectivity index (χ3v) is 5.14. The van der Waals surface area contributed by atoms with Gasteiger partial charge in [-0.15, -0.1) is 24.0 Å². The van der Waals surface area contributed by atoms with Gasteiger partial charge in [-0.25, -0.2) is 0 Å². The summed E-state index contributed by atoms with van der Waals surface area (Å²) in [5.74, 6) is 1.51. The van der Waals surface area contributed by atoms with Crippen molar-refractivity contribution in [1.29, 1.82) is 0 Å². The van der Waals surface area contributed by atoms with Crippen molar-refractivity contribution in [2.45, 2.75) is 32.5 Å². The van der Waals surface area contributed by atoms with Crippen LogP contribution in [0.25, 0.3) is 0 Å². The van der Waals surface area contributed by atoms with Gasteiger partial charge in [0, 0.05) is 46.4 Å². The van der Waals surface area contributed by atoms with E-state index in [1.54, 1.807) is 0 Å². The van der Waals surface area contributed by atoms with E-state index in [0.29, 0.717) is 18.6 Å². The molecule has 0 aliphatic carbocycles. The molecule has 2 atom stereocenters. The second-order valence-electron chi connectivity index (χ2n) is 7.78. The Hall–Kier alpha value is -0.900. The molecule has 0 radical (unpaired) electrons. The minimum Gasteiger partial charge on any atom is -0.379 e. The molecule has 158 valence electrons. The summed E-state index contributed by atoms with van der Waals surface area (Å²) < 4.78 is 11.7. The number of fused-ring (bicyclic) bond motifs is 1. The predicted molar refractivity (Wildman–Crippen MR) is 124 cm³/mol. The molecule has 2 unspecified atom stereocenters. The molecular formula is C21H35IN4O2. The molecule has 0 saturated carbocycles. The number of halogens is 1. The van der Waals surface area contributed by atoms with Crippen LogP contribution >= 0.6 is 24.0 Å². The van der Waals surface area contributed by atoms with Gasteiger partial charge in [0.05, 0.1) is 25.4 Å². The highest BCUT2D eigenvalue weighted by molar-refractivity contribution is 14.0. The molecule has 0 aromatic heterocycles. The third-order valence-electron chi connectivity index (χ3n) is 5.14. The summed E-state index contributed by atoms with van der Waals surface area (Å²) >= 11 is 0. The van der Waals surface area contributed by atoms with Gasteiger partial charge in [-0.05, 0) is 11.5 Å². The van der Waals surface area contributed by atoms with Crippen molar-refractivity contribution in [2.24, 2.45) is 10.9 Å². The fourth-order valence-electron chi connectivity index (χ4n) is 3.83. The molecule has 2 heterocycles. The maximum Gasteiger partial charge on any atom is 0.193 e. The standard InChI is InChI=1S/C21H34N4O2.HI/c1-17(2)16-26-11-9-23-21(22-3)25-14-19-20(15-25)27-12-10-24(19)13-18-7-5-4-6-8-18;/h4-8,17,19-20H,9-16H2,1-3H3,(H,22,23);1H. The molecule has 0 spiro atoms. The van der Waals surface area contributed by atoms with Gasteiger partial charge in [-0.3, -0.25) is 9.89 Å². The predicted octanol–water partition coefficient (Wildman–Crippen LogP) is 2.44. The molecule has 28 heavy (non-hydrogen) atoms. The Kier molecular flexibility index (Phi) is 9.98. The Morgan fingerprint density at radius 1 is 1.29 bits per heavy atom. The van der Waals surface area contributed by atoms with Crippen LogP contribution in [-0.2, 0) is 16.0 Å². The minimum absolute atomic E-state index is 0. The van der Waals surface area contributed by atoms with E-state index in [1.807, 2.05) is 7.05 Å². The first kappa shape index (κ1) is 23.4. The maximum absolute atomic E-state index is 6.07. The van der Waals surface area contributed by atoms with Gasteiger partial charge in [0.15, 0.2) is 5.96 Å². The SMILES string of the molecule is CN=C(NCCOCC(C)C)N1CC2OCCN(Cc3ccccc3)C2C1.I. The number of hydrogen-bond donors (Lipinski definition) is 1. The van der Waals surface area contributed by atoms with E-state index in [4.69, 9.17) is 9.47 Å². The van der Waals surface area contributed by atoms with Crippen LogP contribution in [0.3, 0.4) is 0 Å². The lowest BCUT2D eigenvalue weighted by Gasteiger charge is -2.36. The van der Waals surface area contributed by atoms with Crippen LogP contribution in [0.15, 0.2) is 35.3 Å². The van der Waals surface area contributed by atoms with Gasteiger partial charge in [0.2, 0.25) is 0 Å². The van der Waals surface area contributed by atoms with E-state index >= 15 is 0 Å². The number of benzene rings is 1. The number of morpholine rings is 1. The van der Waals surface area contributed by atoms with Gasteiger partial charge in [-0.2, -0.15) is 0 Å². The monoisotopic (exact) mass is 502 g/mol. The van der Waals surface area contributed by atoms with Crippen LogP contribution in [0, 0.1) is 5.92 Å². The van der Waals surface area contributed by atoms with Crippen LogP contribution in [0.2, 0.25) is 0 Å². The van der Waals surface area contributed by atoms with Crippen molar-refractivity contribution >= 4 is 29.9 Å². The van der Waals surface area contributed by atoms with Gasteiger partial charge < -0.3 is 19.7 Å². The van der Waals surface area contributed by atoms with E-state index in [-0.39, 0.29) is 30.1 Å². The average molecular weight is 502 g/mol. The smallest absolute Gasteiger partial charge is 0.193 e. The number of hydrogen-bond acceptors (Lipinski definition) is 4. The molecule has 6 nitrogen and oxygen atoms in total. The van der Waals surface area contributed by atoms with Crippen molar-refractivity contribution in [2.75, 3.05) is 53.0 Å². The number of ether oxygens (including phenoxy) is 2. The Morgan fingerprint density at radius 2 is 2.07 bits per heavy atom. The van der Waals surface area contributed by atoms with Crippen molar-refractivity contribution in [3.8, 4) is 0 Å². The fourth-order valence-corrected chi connectivity index (χ4v) is 3.83. The molecule has 0 amide bonds. The van der Waals surface area contributed by atoms with E-state index in [0.717, 1.165) is 51.9 Å². The molecule has 0 bridgehead atoms. The number of likely N-dealkylation sites (tertiary alicyclic amines) is 1. The average Bonchev–Trinajstić information content (AvgIpc) is 3.10. The lowest BCUT2D eigenvalue weighted by atomic mass is 10.1. The van der Waals surface area contributed by atoms with Crippen LogP contribution in [0.4, 0.5) is 0 Å². The Bertz CT molecular complexity index is 599.